The monoisotopic (exact) mass is 260 g/mol. The Morgan fingerprint density at radius 3 is 2.37 bits per heavy atom. The van der Waals surface area contributed by atoms with Gasteiger partial charge in [-0.2, -0.15) is 5.26 Å². The molecule has 0 spiro atoms. The molecule has 1 aromatic rings. The third-order valence-electron chi connectivity index (χ3n) is 3.39. The van der Waals surface area contributed by atoms with E-state index in [0.29, 0.717) is 13.0 Å². The molecule has 104 valence electrons. The number of benzene rings is 1. The van der Waals surface area contributed by atoms with Gasteiger partial charge in [0.15, 0.2) is 0 Å². The molecular formula is C16H24N2O. The second kappa shape index (κ2) is 7.28. The first-order chi connectivity index (χ1) is 8.99. The molecule has 1 aromatic carbocycles. The Balaban J connectivity index is 2.65. The summed E-state index contributed by atoms with van der Waals surface area (Å²) in [5.74, 6) is -0.148. The number of nitriles is 1. The van der Waals surface area contributed by atoms with Gasteiger partial charge in [0.1, 0.15) is 0 Å². The summed E-state index contributed by atoms with van der Waals surface area (Å²) in [7, 11) is 0. The van der Waals surface area contributed by atoms with Gasteiger partial charge in [-0.05, 0) is 17.4 Å². The van der Waals surface area contributed by atoms with Crippen molar-refractivity contribution in [1.82, 2.24) is 5.32 Å². The summed E-state index contributed by atoms with van der Waals surface area (Å²) >= 11 is 0. The number of hydrogen-bond donors (Lipinski definition) is 2. The Kier molecular flexibility index (Phi) is 6.01. The molecule has 0 aliphatic heterocycles. The van der Waals surface area contributed by atoms with E-state index >= 15 is 0 Å². The van der Waals surface area contributed by atoms with Gasteiger partial charge in [-0.25, -0.2) is 0 Å². The first-order valence-electron chi connectivity index (χ1n) is 6.78. The van der Waals surface area contributed by atoms with E-state index in [-0.39, 0.29) is 24.0 Å². The van der Waals surface area contributed by atoms with Crippen LogP contribution in [-0.4, -0.2) is 24.3 Å². The lowest BCUT2D eigenvalue weighted by atomic mass is 9.84. The van der Waals surface area contributed by atoms with Gasteiger partial charge in [0.25, 0.3) is 0 Å². The SMILES string of the molecule is CC(C)(C)C(CCO)NCC(C#N)c1ccccc1. The van der Waals surface area contributed by atoms with Crippen molar-refractivity contribution in [2.75, 3.05) is 13.2 Å². The van der Waals surface area contributed by atoms with Crippen molar-refractivity contribution < 1.29 is 5.11 Å². The lowest BCUT2D eigenvalue weighted by Crippen LogP contribution is -2.42. The van der Waals surface area contributed by atoms with Crippen LogP contribution < -0.4 is 5.32 Å². The molecule has 0 heterocycles. The van der Waals surface area contributed by atoms with Crippen molar-refractivity contribution in [3.63, 3.8) is 0 Å². The van der Waals surface area contributed by atoms with Crippen LogP contribution in [0.2, 0.25) is 0 Å². The molecule has 19 heavy (non-hydrogen) atoms. The zero-order chi connectivity index (χ0) is 14.3. The van der Waals surface area contributed by atoms with Crippen LogP contribution in [0, 0.1) is 16.7 Å². The van der Waals surface area contributed by atoms with Crippen LogP contribution in [0.4, 0.5) is 0 Å². The van der Waals surface area contributed by atoms with Crippen molar-refractivity contribution in [2.45, 2.75) is 39.2 Å². The average Bonchev–Trinajstić information content (AvgIpc) is 2.38. The summed E-state index contributed by atoms with van der Waals surface area (Å²) in [6, 6.07) is 12.4. The Labute approximate surface area is 116 Å². The van der Waals surface area contributed by atoms with E-state index < -0.39 is 0 Å². The molecule has 2 N–H and O–H groups in total. The Hall–Kier alpha value is -1.37. The highest BCUT2D eigenvalue weighted by Gasteiger charge is 2.24. The fourth-order valence-electron chi connectivity index (χ4n) is 2.15. The highest BCUT2D eigenvalue weighted by Crippen LogP contribution is 2.22. The van der Waals surface area contributed by atoms with Crippen molar-refractivity contribution >= 4 is 0 Å². The van der Waals surface area contributed by atoms with E-state index in [9.17, 15) is 5.26 Å². The molecule has 0 fully saturated rings. The maximum atomic E-state index is 9.29. The van der Waals surface area contributed by atoms with Gasteiger partial charge < -0.3 is 10.4 Å². The number of hydrogen-bond acceptors (Lipinski definition) is 3. The van der Waals surface area contributed by atoms with Crippen LogP contribution in [0.25, 0.3) is 0 Å². The summed E-state index contributed by atoms with van der Waals surface area (Å²) < 4.78 is 0. The van der Waals surface area contributed by atoms with Gasteiger partial charge in [-0.1, -0.05) is 51.1 Å². The number of aliphatic hydroxyl groups excluding tert-OH is 1. The first-order valence-corrected chi connectivity index (χ1v) is 6.78. The lowest BCUT2D eigenvalue weighted by molar-refractivity contribution is 0.197. The van der Waals surface area contributed by atoms with Crippen LogP contribution in [0.3, 0.4) is 0 Å². The molecule has 0 aliphatic rings. The van der Waals surface area contributed by atoms with E-state index in [1.54, 1.807) is 0 Å². The van der Waals surface area contributed by atoms with E-state index in [1.807, 2.05) is 30.3 Å². The van der Waals surface area contributed by atoms with Crippen LogP contribution in [0.5, 0.6) is 0 Å². The maximum Gasteiger partial charge on any atom is 0.0837 e. The molecular weight excluding hydrogens is 236 g/mol. The number of nitrogens with zero attached hydrogens (tertiary/aromatic N) is 1. The zero-order valence-electron chi connectivity index (χ0n) is 12.1. The quantitative estimate of drug-likeness (QED) is 0.827. The molecule has 0 amide bonds. The van der Waals surface area contributed by atoms with Crippen molar-refractivity contribution in [3.8, 4) is 6.07 Å². The number of aliphatic hydroxyl groups is 1. The lowest BCUT2D eigenvalue weighted by Gasteiger charge is -2.32. The summed E-state index contributed by atoms with van der Waals surface area (Å²) in [4.78, 5) is 0. The summed E-state index contributed by atoms with van der Waals surface area (Å²) in [5, 5.41) is 21.8. The largest absolute Gasteiger partial charge is 0.396 e. The highest BCUT2D eigenvalue weighted by molar-refractivity contribution is 5.25. The standard InChI is InChI=1S/C16H24N2O/c1-16(2,3)15(9-10-19)18-12-14(11-17)13-7-5-4-6-8-13/h4-8,14-15,18-19H,9-10,12H2,1-3H3. The topological polar surface area (TPSA) is 56.0 Å². The minimum absolute atomic E-state index is 0.0689. The summed E-state index contributed by atoms with van der Waals surface area (Å²) in [6.45, 7) is 7.21. The molecule has 1 rings (SSSR count). The van der Waals surface area contributed by atoms with E-state index in [2.05, 4.69) is 32.2 Å². The van der Waals surface area contributed by atoms with Gasteiger partial charge >= 0.3 is 0 Å². The number of nitrogens with one attached hydrogen (secondary N) is 1. The molecule has 3 nitrogen and oxygen atoms in total. The molecule has 0 saturated carbocycles. The Morgan fingerprint density at radius 1 is 1.26 bits per heavy atom. The molecule has 0 saturated heterocycles. The van der Waals surface area contributed by atoms with Gasteiger partial charge in [0, 0.05) is 19.2 Å². The van der Waals surface area contributed by atoms with E-state index in [4.69, 9.17) is 5.11 Å². The van der Waals surface area contributed by atoms with Gasteiger partial charge in [0.2, 0.25) is 0 Å². The van der Waals surface area contributed by atoms with E-state index in [0.717, 1.165) is 5.56 Å². The van der Waals surface area contributed by atoms with Crippen LogP contribution in [0.1, 0.15) is 38.7 Å². The fourth-order valence-corrected chi connectivity index (χ4v) is 2.15. The minimum atomic E-state index is -0.148. The molecule has 3 heteroatoms. The van der Waals surface area contributed by atoms with Crippen molar-refractivity contribution in [2.24, 2.45) is 5.41 Å². The minimum Gasteiger partial charge on any atom is -0.396 e. The molecule has 2 atom stereocenters. The molecule has 0 aliphatic carbocycles. The highest BCUT2D eigenvalue weighted by atomic mass is 16.3. The van der Waals surface area contributed by atoms with Crippen LogP contribution in [-0.2, 0) is 0 Å². The second-order valence-electron chi connectivity index (χ2n) is 5.93. The Morgan fingerprint density at radius 2 is 1.89 bits per heavy atom. The summed E-state index contributed by atoms with van der Waals surface area (Å²) in [5.41, 5.74) is 1.11. The van der Waals surface area contributed by atoms with Gasteiger partial charge in [-0.3, -0.25) is 0 Å². The number of rotatable bonds is 6. The van der Waals surface area contributed by atoms with Crippen LogP contribution >= 0.6 is 0 Å². The van der Waals surface area contributed by atoms with Gasteiger partial charge in [-0.15, -0.1) is 0 Å². The summed E-state index contributed by atoms with van der Waals surface area (Å²) in [6.07, 6.45) is 0.705. The zero-order valence-corrected chi connectivity index (χ0v) is 12.1. The van der Waals surface area contributed by atoms with Gasteiger partial charge in [0.05, 0.1) is 12.0 Å². The maximum absolute atomic E-state index is 9.29. The fraction of sp³-hybridized carbons (Fsp3) is 0.562. The van der Waals surface area contributed by atoms with E-state index in [1.165, 1.54) is 0 Å². The third-order valence-corrected chi connectivity index (χ3v) is 3.39. The average molecular weight is 260 g/mol. The predicted molar refractivity (Wildman–Crippen MR) is 77.7 cm³/mol. The van der Waals surface area contributed by atoms with Crippen molar-refractivity contribution in [3.05, 3.63) is 35.9 Å². The normalized spacial score (nSPS) is 14.7. The Bertz CT molecular complexity index is 403. The third kappa shape index (κ3) is 5.02. The molecule has 0 aromatic heterocycles. The molecule has 0 radical (unpaired) electrons. The smallest absolute Gasteiger partial charge is 0.0837 e. The first kappa shape index (κ1) is 15.7. The van der Waals surface area contributed by atoms with Crippen LogP contribution in [0.15, 0.2) is 30.3 Å². The molecule has 0 bridgehead atoms. The molecule has 2 unspecified atom stereocenters. The van der Waals surface area contributed by atoms with Crippen molar-refractivity contribution in [1.29, 1.82) is 5.26 Å². The second-order valence-corrected chi connectivity index (χ2v) is 5.93. The predicted octanol–water partition coefficient (Wildman–Crippen LogP) is 2.68.